The number of nitriles is 1. The van der Waals surface area contributed by atoms with E-state index in [0.717, 1.165) is 0 Å². The number of ether oxygens (including phenoxy) is 4. The fraction of sp³-hybridized carbons (Fsp3) is 0.450. The third-order valence-corrected chi connectivity index (χ3v) is 3.53. The van der Waals surface area contributed by atoms with Crippen LogP contribution in [0.4, 0.5) is 0 Å². The standard InChI is InChI=1S/C20H26N2O6/c1-6-26-18-12-15(11-16(13-21)20(24)27-10-9-25-5)7-8-17(18)28-14(2)19(23)22(3)4/h7-8,11-12,14H,6,9-10H2,1-5H3/b16-11+. The lowest BCUT2D eigenvalue weighted by Crippen LogP contribution is -2.35. The fourth-order valence-electron chi connectivity index (χ4n) is 2.18. The molecule has 0 radical (unpaired) electrons. The van der Waals surface area contributed by atoms with Gasteiger partial charge in [0.1, 0.15) is 18.2 Å². The third kappa shape index (κ3) is 6.93. The highest BCUT2D eigenvalue weighted by molar-refractivity contribution is 5.98. The molecule has 0 saturated carbocycles. The minimum Gasteiger partial charge on any atom is -0.490 e. The van der Waals surface area contributed by atoms with Gasteiger partial charge in [0.15, 0.2) is 17.6 Å². The molecule has 152 valence electrons. The predicted molar refractivity (Wildman–Crippen MR) is 103 cm³/mol. The van der Waals surface area contributed by atoms with Crippen LogP contribution in [0.3, 0.4) is 0 Å². The summed E-state index contributed by atoms with van der Waals surface area (Å²) in [6, 6.07) is 6.74. The summed E-state index contributed by atoms with van der Waals surface area (Å²) < 4.78 is 21.1. The maximum absolute atomic E-state index is 12.0. The van der Waals surface area contributed by atoms with Gasteiger partial charge in [0.2, 0.25) is 0 Å². The van der Waals surface area contributed by atoms with Crippen LogP contribution in [-0.4, -0.2) is 63.9 Å². The zero-order valence-corrected chi connectivity index (χ0v) is 16.9. The largest absolute Gasteiger partial charge is 0.490 e. The number of likely N-dealkylation sites (N-methyl/N-ethyl adjacent to an activating group) is 1. The Bertz CT molecular complexity index is 752. The van der Waals surface area contributed by atoms with Crippen LogP contribution in [0.2, 0.25) is 0 Å². The van der Waals surface area contributed by atoms with Gasteiger partial charge in [-0.3, -0.25) is 4.79 Å². The van der Waals surface area contributed by atoms with Gasteiger partial charge in [-0.15, -0.1) is 0 Å². The molecule has 0 spiro atoms. The molecule has 28 heavy (non-hydrogen) atoms. The van der Waals surface area contributed by atoms with E-state index in [1.807, 2.05) is 13.0 Å². The average Bonchev–Trinajstić information content (AvgIpc) is 2.67. The Morgan fingerprint density at radius 3 is 2.54 bits per heavy atom. The van der Waals surface area contributed by atoms with Gasteiger partial charge < -0.3 is 23.8 Å². The summed E-state index contributed by atoms with van der Waals surface area (Å²) in [5, 5.41) is 9.23. The Labute approximate surface area is 165 Å². The van der Waals surface area contributed by atoms with E-state index in [4.69, 9.17) is 18.9 Å². The Kier molecular flexibility index (Phi) is 9.54. The lowest BCUT2D eigenvalue weighted by Gasteiger charge is -2.20. The molecule has 0 aromatic heterocycles. The van der Waals surface area contributed by atoms with Crippen LogP contribution in [0.1, 0.15) is 19.4 Å². The SMILES string of the molecule is CCOc1cc(/C=C(\C#N)C(=O)OCCOC)ccc1OC(C)C(=O)N(C)C. The van der Waals surface area contributed by atoms with Gasteiger partial charge in [-0.05, 0) is 37.6 Å². The number of hydrogen-bond acceptors (Lipinski definition) is 7. The molecule has 0 bridgehead atoms. The molecule has 1 amide bonds. The summed E-state index contributed by atoms with van der Waals surface area (Å²) in [5.74, 6) is -0.123. The molecule has 0 aliphatic heterocycles. The summed E-state index contributed by atoms with van der Waals surface area (Å²) >= 11 is 0. The van der Waals surface area contributed by atoms with Gasteiger partial charge in [0.05, 0.1) is 13.2 Å². The van der Waals surface area contributed by atoms with Crippen LogP contribution in [0, 0.1) is 11.3 Å². The van der Waals surface area contributed by atoms with Crippen molar-refractivity contribution in [3.05, 3.63) is 29.3 Å². The molecule has 0 fully saturated rings. The van der Waals surface area contributed by atoms with Crippen molar-refractivity contribution in [3.63, 3.8) is 0 Å². The summed E-state index contributed by atoms with van der Waals surface area (Å²) in [4.78, 5) is 25.4. The van der Waals surface area contributed by atoms with Crippen molar-refractivity contribution >= 4 is 18.0 Å². The van der Waals surface area contributed by atoms with E-state index in [9.17, 15) is 14.9 Å². The molecule has 0 N–H and O–H groups in total. The number of carbonyl (C=O) groups is 2. The molecule has 0 aliphatic carbocycles. The first-order chi connectivity index (χ1) is 13.3. The number of esters is 1. The number of carbonyl (C=O) groups excluding carboxylic acids is 2. The second-order valence-corrected chi connectivity index (χ2v) is 5.93. The van der Waals surface area contributed by atoms with Gasteiger partial charge in [0.25, 0.3) is 5.91 Å². The molecular weight excluding hydrogens is 364 g/mol. The maximum Gasteiger partial charge on any atom is 0.348 e. The lowest BCUT2D eigenvalue weighted by molar-refractivity contribution is -0.139. The number of amides is 1. The van der Waals surface area contributed by atoms with E-state index >= 15 is 0 Å². The Morgan fingerprint density at radius 1 is 1.25 bits per heavy atom. The first-order valence-corrected chi connectivity index (χ1v) is 8.76. The summed E-state index contributed by atoms with van der Waals surface area (Å²) in [7, 11) is 4.78. The smallest absolute Gasteiger partial charge is 0.348 e. The van der Waals surface area contributed by atoms with Gasteiger partial charge in [-0.2, -0.15) is 5.26 Å². The highest BCUT2D eigenvalue weighted by atomic mass is 16.6. The molecule has 1 rings (SSSR count). The quantitative estimate of drug-likeness (QED) is 0.261. The Morgan fingerprint density at radius 2 is 1.96 bits per heavy atom. The maximum atomic E-state index is 12.0. The van der Waals surface area contributed by atoms with Crippen LogP contribution < -0.4 is 9.47 Å². The summed E-state index contributed by atoms with van der Waals surface area (Å²) in [6.07, 6.45) is 0.705. The molecule has 1 aromatic carbocycles. The van der Waals surface area contributed by atoms with Crippen molar-refractivity contribution in [2.75, 3.05) is 41.0 Å². The molecule has 0 heterocycles. The number of benzene rings is 1. The van der Waals surface area contributed by atoms with Crippen LogP contribution in [-0.2, 0) is 19.1 Å². The van der Waals surface area contributed by atoms with Crippen molar-refractivity contribution in [3.8, 4) is 17.6 Å². The highest BCUT2D eigenvalue weighted by Gasteiger charge is 2.19. The van der Waals surface area contributed by atoms with Crippen molar-refractivity contribution in [2.24, 2.45) is 0 Å². The van der Waals surface area contributed by atoms with Crippen molar-refractivity contribution in [1.29, 1.82) is 5.26 Å². The molecular formula is C20H26N2O6. The van der Waals surface area contributed by atoms with Crippen LogP contribution in [0.25, 0.3) is 6.08 Å². The first kappa shape index (κ1) is 23.0. The van der Waals surface area contributed by atoms with E-state index in [2.05, 4.69) is 0 Å². The number of hydrogen-bond donors (Lipinski definition) is 0. The normalized spacial score (nSPS) is 11.9. The number of methoxy groups -OCH3 is 1. The van der Waals surface area contributed by atoms with Crippen LogP contribution in [0.5, 0.6) is 11.5 Å². The molecule has 0 saturated heterocycles. The topological polar surface area (TPSA) is 98.1 Å². The van der Waals surface area contributed by atoms with E-state index in [1.165, 1.54) is 18.1 Å². The monoisotopic (exact) mass is 390 g/mol. The van der Waals surface area contributed by atoms with E-state index in [1.54, 1.807) is 39.2 Å². The van der Waals surface area contributed by atoms with Gasteiger partial charge >= 0.3 is 5.97 Å². The van der Waals surface area contributed by atoms with E-state index in [0.29, 0.717) is 23.7 Å². The molecule has 1 unspecified atom stereocenters. The highest BCUT2D eigenvalue weighted by Crippen LogP contribution is 2.30. The predicted octanol–water partition coefficient (Wildman–Crippen LogP) is 2.04. The average molecular weight is 390 g/mol. The van der Waals surface area contributed by atoms with Gasteiger partial charge in [-0.1, -0.05) is 6.07 Å². The fourth-order valence-corrected chi connectivity index (χ4v) is 2.18. The number of nitrogens with zero attached hydrogens (tertiary/aromatic N) is 2. The van der Waals surface area contributed by atoms with Crippen molar-refractivity contribution in [2.45, 2.75) is 20.0 Å². The minimum atomic E-state index is -0.733. The Balaban J connectivity index is 3.06. The van der Waals surface area contributed by atoms with Crippen molar-refractivity contribution in [1.82, 2.24) is 4.90 Å². The summed E-state index contributed by atoms with van der Waals surface area (Å²) in [5.41, 5.74) is 0.408. The molecule has 8 heteroatoms. The molecule has 8 nitrogen and oxygen atoms in total. The lowest BCUT2D eigenvalue weighted by atomic mass is 10.1. The van der Waals surface area contributed by atoms with E-state index in [-0.39, 0.29) is 24.7 Å². The molecule has 1 aromatic rings. The minimum absolute atomic E-state index is 0.0586. The van der Waals surface area contributed by atoms with Crippen LogP contribution in [0.15, 0.2) is 23.8 Å². The first-order valence-electron chi connectivity index (χ1n) is 8.76. The third-order valence-electron chi connectivity index (χ3n) is 3.53. The van der Waals surface area contributed by atoms with Gasteiger partial charge in [0, 0.05) is 21.2 Å². The molecule has 0 aliphatic rings. The van der Waals surface area contributed by atoms with Gasteiger partial charge in [-0.25, -0.2) is 4.79 Å². The second kappa shape index (κ2) is 11.6. The number of rotatable bonds is 10. The second-order valence-electron chi connectivity index (χ2n) is 5.93. The molecule has 1 atom stereocenters. The Hall–Kier alpha value is -3.05. The zero-order valence-electron chi connectivity index (χ0n) is 16.9. The summed E-state index contributed by atoms with van der Waals surface area (Å²) in [6.45, 7) is 4.14. The van der Waals surface area contributed by atoms with E-state index < -0.39 is 12.1 Å². The van der Waals surface area contributed by atoms with Crippen molar-refractivity contribution < 1.29 is 28.5 Å². The van der Waals surface area contributed by atoms with Crippen LogP contribution >= 0.6 is 0 Å². The zero-order chi connectivity index (χ0) is 21.1.